The first-order valence-electron chi connectivity index (χ1n) is 9.33. The van der Waals surface area contributed by atoms with E-state index in [4.69, 9.17) is 9.47 Å². The highest BCUT2D eigenvalue weighted by molar-refractivity contribution is 6.02. The Hall–Kier alpha value is -2.10. The van der Waals surface area contributed by atoms with Crippen LogP contribution in [-0.2, 0) is 19.1 Å². The van der Waals surface area contributed by atoms with E-state index in [1.807, 2.05) is 18.2 Å². The monoisotopic (exact) mass is 356 g/mol. The van der Waals surface area contributed by atoms with Gasteiger partial charge in [0.2, 0.25) is 0 Å². The molecule has 1 aromatic rings. The Balaban J connectivity index is 2.03. The Morgan fingerprint density at radius 1 is 1.04 bits per heavy atom. The largest absolute Gasteiger partial charge is 0.468 e. The Kier molecular flexibility index (Phi) is 4.72. The van der Waals surface area contributed by atoms with E-state index in [1.165, 1.54) is 14.2 Å². The number of benzene rings is 1. The van der Waals surface area contributed by atoms with Gasteiger partial charge in [-0.15, -0.1) is 0 Å². The molecule has 0 radical (unpaired) electrons. The summed E-state index contributed by atoms with van der Waals surface area (Å²) in [7, 11) is 2.68. The van der Waals surface area contributed by atoms with E-state index >= 15 is 0 Å². The molecule has 140 valence electrons. The molecule has 0 amide bonds. The van der Waals surface area contributed by atoms with E-state index in [1.54, 1.807) is 0 Å². The van der Waals surface area contributed by atoms with E-state index in [0.717, 1.165) is 36.8 Å². The standard InChI is InChI=1S/C22H28O4/c1-5-6-12-20-13-21(18(23)25-3,19(24)26-4)15-22(20,14-20)16(2)17-10-8-7-9-11-17/h7-11H,2,5-6,12-15H2,1,3-4H3/t20-,22-/m1/s1. The molecule has 3 rings (SSSR count). The van der Waals surface area contributed by atoms with Crippen LogP contribution in [-0.4, -0.2) is 26.2 Å². The van der Waals surface area contributed by atoms with Crippen molar-refractivity contribution in [3.8, 4) is 0 Å². The van der Waals surface area contributed by atoms with E-state index in [0.29, 0.717) is 12.8 Å². The van der Waals surface area contributed by atoms with E-state index in [2.05, 4.69) is 25.6 Å². The Bertz CT molecular complexity index is 707. The summed E-state index contributed by atoms with van der Waals surface area (Å²) in [6, 6.07) is 10.1. The van der Waals surface area contributed by atoms with Gasteiger partial charge in [-0.1, -0.05) is 56.7 Å². The Morgan fingerprint density at radius 3 is 2.19 bits per heavy atom. The maximum Gasteiger partial charge on any atom is 0.323 e. The highest BCUT2D eigenvalue weighted by Crippen LogP contribution is 2.83. The fraction of sp³-hybridized carbons (Fsp3) is 0.545. The van der Waals surface area contributed by atoms with Gasteiger partial charge in [-0.25, -0.2) is 0 Å². The number of hydrogen-bond acceptors (Lipinski definition) is 4. The van der Waals surface area contributed by atoms with Crippen molar-refractivity contribution in [2.24, 2.45) is 16.2 Å². The zero-order valence-corrected chi connectivity index (χ0v) is 16.0. The predicted octanol–water partition coefficient (Wildman–Crippen LogP) is 4.39. The van der Waals surface area contributed by atoms with Gasteiger partial charge in [0.05, 0.1) is 14.2 Å². The van der Waals surface area contributed by atoms with Gasteiger partial charge in [-0.3, -0.25) is 9.59 Å². The molecule has 0 aromatic heterocycles. The summed E-state index contributed by atoms with van der Waals surface area (Å²) in [5.74, 6) is -0.958. The number of hydrogen-bond donors (Lipinski definition) is 0. The van der Waals surface area contributed by atoms with Crippen molar-refractivity contribution >= 4 is 17.5 Å². The fourth-order valence-electron chi connectivity index (χ4n) is 5.31. The molecule has 0 spiro atoms. The lowest BCUT2D eigenvalue weighted by Crippen LogP contribution is -2.41. The topological polar surface area (TPSA) is 52.6 Å². The second-order valence-corrected chi connectivity index (χ2v) is 7.91. The molecule has 0 saturated heterocycles. The minimum absolute atomic E-state index is 0.0711. The van der Waals surface area contributed by atoms with Gasteiger partial charge in [0.25, 0.3) is 0 Å². The average Bonchev–Trinajstić information content (AvgIpc) is 3.21. The maximum absolute atomic E-state index is 12.7. The number of carbonyl (C=O) groups is 2. The molecule has 1 aromatic carbocycles. The number of allylic oxidation sites excluding steroid dienone is 1. The van der Waals surface area contributed by atoms with Crippen LogP contribution in [0.15, 0.2) is 36.9 Å². The van der Waals surface area contributed by atoms with Crippen LogP contribution < -0.4 is 0 Å². The maximum atomic E-state index is 12.7. The number of ether oxygens (including phenoxy) is 2. The van der Waals surface area contributed by atoms with Crippen LogP contribution in [0.25, 0.3) is 5.57 Å². The van der Waals surface area contributed by atoms with Gasteiger partial charge < -0.3 is 9.47 Å². The van der Waals surface area contributed by atoms with Crippen molar-refractivity contribution in [2.75, 3.05) is 14.2 Å². The first-order chi connectivity index (χ1) is 12.4. The van der Waals surface area contributed by atoms with Crippen molar-refractivity contribution in [3.05, 3.63) is 42.5 Å². The second kappa shape index (κ2) is 6.57. The third kappa shape index (κ3) is 2.50. The van der Waals surface area contributed by atoms with Crippen molar-refractivity contribution in [1.82, 2.24) is 0 Å². The lowest BCUT2D eigenvalue weighted by atomic mass is 9.77. The SMILES string of the molecule is C=C(c1ccccc1)[C@@]12CC(C(=O)OC)(C(=O)OC)C[C@]1(CCCC)C2. The molecule has 26 heavy (non-hydrogen) atoms. The van der Waals surface area contributed by atoms with Gasteiger partial charge in [0.15, 0.2) is 5.41 Å². The summed E-state index contributed by atoms with van der Waals surface area (Å²) in [6.45, 7) is 6.57. The molecule has 4 nitrogen and oxygen atoms in total. The van der Waals surface area contributed by atoms with Gasteiger partial charge in [0.1, 0.15) is 0 Å². The van der Waals surface area contributed by atoms with Crippen LogP contribution in [0.5, 0.6) is 0 Å². The summed E-state index contributed by atoms with van der Waals surface area (Å²) >= 11 is 0. The Morgan fingerprint density at radius 2 is 1.65 bits per heavy atom. The smallest absolute Gasteiger partial charge is 0.323 e. The number of rotatable bonds is 7. The predicted molar refractivity (Wildman–Crippen MR) is 100 cm³/mol. The molecule has 0 aliphatic heterocycles. The molecule has 4 heteroatoms. The third-order valence-corrected chi connectivity index (χ3v) is 6.64. The lowest BCUT2D eigenvalue weighted by Gasteiger charge is -2.27. The molecule has 2 aliphatic rings. The van der Waals surface area contributed by atoms with E-state index in [-0.39, 0.29) is 10.8 Å². The van der Waals surface area contributed by atoms with Crippen LogP contribution >= 0.6 is 0 Å². The van der Waals surface area contributed by atoms with Crippen molar-refractivity contribution < 1.29 is 19.1 Å². The number of esters is 2. The van der Waals surface area contributed by atoms with Crippen molar-refractivity contribution in [2.45, 2.75) is 45.4 Å². The van der Waals surface area contributed by atoms with Crippen LogP contribution in [0.3, 0.4) is 0 Å². The number of unbranched alkanes of at least 4 members (excludes halogenated alkanes) is 1. The highest BCUT2D eigenvalue weighted by Gasteiger charge is 2.79. The van der Waals surface area contributed by atoms with Gasteiger partial charge >= 0.3 is 11.9 Å². The molecule has 0 bridgehead atoms. The summed E-state index contributed by atoms with van der Waals surface area (Å²) < 4.78 is 10.1. The number of carbonyl (C=O) groups excluding carboxylic acids is 2. The van der Waals surface area contributed by atoms with E-state index in [9.17, 15) is 9.59 Å². The Labute approximate surface area is 155 Å². The van der Waals surface area contributed by atoms with Crippen LogP contribution in [0.1, 0.15) is 51.0 Å². The molecule has 0 heterocycles. The van der Waals surface area contributed by atoms with E-state index < -0.39 is 17.4 Å². The molecule has 2 saturated carbocycles. The van der Waals surface area contributed by atoms with Gasteiger partial charge in [-0.2, -0.15) is 0 Å². The zero-order chi connectivity index (χ0) is 19.0. The summed E-state index contributed by atoms with van der Waals surface area (Å²) in [4.78, 5) is 25.3. The van der Waals surface area contributed by atoms with Gasteiger partial charge in [0, 0.05) is 5.41 Å². The molecule has 0 unspecified atom stereocenters. The second-order valence-electron chi connectivity index (χ2n) is 7.91. The molecule has 2 atom stereocenters. The minimum atomic E-state index is -1.22. The molecule has 0 N–H and O–H groups in total. The minimum Gasteiger partial charge on any atom is -0.468 e. The number of fused-ring (bicyclic) bond motifs is 1. The van der Waals surface area contributed by atoms with Crippen LogP contribution in [0.4, 0.5) is 0 Å². The third-order valence-electron chi connectivity index (χ3n) is 6.64. The fourth-order valence-corrected chi connectivity index (χ4v) is 5.31. The quantitative estimate of drug-likeness (QED) is 0.537. The number of methoxy groups -OCH3 is 2. The lowest BCUT2D eigenvalue weighted by molar-refractivity contribution is -0.170. The molecular weight excluding hydrogens is 328 g/mol. The molecule has 2 aliphatic carbocycles. The zero-order valence-electron chi connectivity index (χ0n) is 16.0. The first kappa shape index (κ1) is 18.7. The van der Waals surface area contributed by atoms with Crippen LogP contribution in [0, 0.1) is 16.2 Å². The van der Waals surface area contributed by atoms with Crippen LogP contribution in [0.2, 0.25) is 0 Å². The normalized spacial score (nSPS) is 28.1. The molecule has 2 fully saturated rings. The van der Waals surface area contributed by atoms with Crippen molar-refractivity contribution in [1.29, 1.82) is 0 Å². The first-order valence-corrected chi connectivity index (χ1v) is 9.33. The average molecular weight is 356 g/mol. The summed E-state index contributed by atoms with van der Waals surface area (Å²) in [6.07, 6.45) is 5.04. The molecular formula is C22H28O4. The summed E-state index contributed by atoms with van der Waals surface area (Å²) in [5, 5.41) is 0. The van der Waals surface area contributed by atoms with Gasteiger partial charge in [-0.05, 0) is 42.2 Å². The van der Waals surface area contributed by atoms with Crippen molar-refractivity contribution in [3.63, 3.8) is 0 Å². The summed E-state index contributed by atoms with van der Waals surface area (Å²) in [5.41, 5.74) is 0.595. The highest BCUT2D eigenvalue weighted by atomic mass is 16.5.